The number of carbonyl (C=O) groups is 1. The van der Waals surface area contributed by atoms with E-state index in [0.717, 1.165) is 61.4 Å². The van der Waals surface area contributed by atoms with Gasteiger partial charge in [0.25, 0.3) is 11.9 Å². The zero-order chi connectivity index (χ0) is 21.6. The fraction of sp³-hybridized carbons (Fsp3) is 0.500. The molecule has 8 nitrogen and oxygen atoms in total. The van der Waals surface area contributed by atoms with Gasteiger partial charge in [-0.25, -0.2) is 12.7 Å². The average Bonchev–Trinajstić information content (AvgIpc) is 3.50. The Hall–Kier alpha value is -1.75. The molecule has 31 heavy (non-hydrogen) atoms. The minimum atomic E-state index is -2.96. The van der Waals surface area contributed by atoms with Crippen molar-refractivity contribution in [2.24, 2.45) is 0 Å². The van der Waals surface area contributed by atoms with E-state index in [0.29, 0.717) is 13.1 Å². The monoisotopic (exact) mass is 482 g/mol. The van der Waals surface area contributed by atoms with Crippen LogP contribution in [0.15, 0.2) is 10.7 Å². The van der Waals surface area contributed by atoms with Gasteiger partial charge in [-0.15, -0.1) is 0 Å². The SMILES string of the molecule is O=C(NSN1CCS(=O)(=O)CC1)c1coc(Nc2c3c(c(Cl)c4c2CCC4)CCC3)n1. The molecule has 1 amide bonds. The largest absolute Gasteiger partial charge is 0.431 e. The summed E-state index contributed by atoms with van der Waals surface area (Å²) in [5, 5.41) is 4.25. The highest BCUT2D eigenvalue weighted by Crippen LogP contribution is 2.44. The minimum Gasteiger partial charge on any atom is -0.431 e. The highest BCUT2D eigenvalue weighted by molar-refractivity contribution is 7.96. The van der Waals surface area contributed by atoms with Gasteiger partial charge in [0.15, 0.2) is 15.5 Å². The summed E-state index contributed by atoms with van der Waals surface area (Å²) < 4.78 is 33.1. The Balaban J connectivity index is 1.27. The quantitative estimate of drug-likeness (QED) is 0.626. The van der Waals surface area contributed by atoms with Gasteiger partial charge in [0.2, 0.25) is 0 Å². The molecule has 11 heteroatoms. The van der Waals surface area contributed by atoms with E-state index in [-0.39, 0.29) is 29.1 Å². The molecule has 1 aromatic heterocycles. The molecule has 1 aromatic carbocycles. The first-order valence-electron chi connectivity index (χ1n) is 10.4. The third kappa shape index (κ3) is 4.18. The lowest BCUT2D eigenvalue weighted by Gasteiger charge is -2.24. The summed E-state index contributed by atoms with van der Waals surface area (Å²) in [6.07, 6.45) is 7.42. The number of nitrogens with zero attached hydrogens (tertiary/aromatic N) is 2. The standard InChI is InChI=1S/C20H23ClN4O4S2/c21-17-12-3-1-5-14(12)18(15-6-2-4-13(15)17)23-20-22-16(11-29-20)19(26)24-30-25-7-9-31(27,28)10-8-25/h11H,1-10H2,(H,22,23)(H,24,26). The van der Waals surface area contributed by atoms with Crippen molar-refractivity contribution in [1.29, 1.82) is 0 Å². The van der Waals surface area contributed by atoms with Crippen molar-refractivity contribution >= 4 is 51.2 Å². The number of carbonyl (C=O) groups excluding carboxylic acids is 1. The fourth-order valence-electron chi connectivity index (χ4n) is 4.53. The minimum absolute atomic E-state index is 0.101. The Morgan fingerprint density at radius 3 is 2.32 bits per heavy atom. The van der Waals surface area contributed by atoms with E-state index in [1.807, 2.05) is 4.31 Å². The number of rotatable bonds is 5. The number of benzene rings is 1. The molecule has 2 aromatic rings. The van der Waals surface area contributed by atoms with Crippen molar-refractivity contribution in [3.63, 3.8) is 0 Å². The van der Waals surface area contributed by atoms with Crippen LogP contribution in [0.2, 0.25) is 5.02 Å². The molecule has 2 heterocycles. The maximum Gasteiger partial charge on any atom is 0.299 e. The Labute approximate surface area is 190 Å². The van der Waals surface area contributed by atoms with E-state index < -0.39 is 9.84 Å². The number of aromatic nitrogens is 1. The number of halogens is 1. The molecule has 0 unspecified atom stereocenters. The summed E-state index contributed by atoms with van der Waals surface area (Å²) in [6, 6.07) is 0.282. The Bertz CT molecular complexity index is 1100. The Kier molecular flexibility index (Phi) is 5.66. The predicted molar refractivity (Wildman–Crippen MR) is 121 cm³/mol. The van der Waals surface area contributed by atoms with Gasteiger partial charge in [-0.05, 0) is 60.8 Å². The lowest BCUT2D eigenvalue weighted by molar-refractivity contribution is 0.0978. The molecule has 0 bridgehead atoms. The second-order valence-electron chi connectivity index (χ2n) is 8.08. The van der Waals surface area contributed by atoms with Gasteiger partial charge in [0, 0.05) is 35.9 Å². The second-order valence-corrected chi connectivity index (χ2v) is 11.7. The zero-order valence-electron chi connectivity index (χ0n) is 16.9. The summed E-state index contributed by atoms with van der Waals surface area (Å²) in [5.74, 6) is -0.186. The molecule has 0 radical (unpaired) electrons. The normalized spacial score (nSPS) is 19.8. The predicted octanol–water partition coefficient (Wildman–Crippen LogP) is 3.07. The number of sulfone groups is 1. The van der Waals surface area contributed by atoms with Crippen molar-refractivity contribution in [3.05, 3.63) is 39.2 Å². The van der Waals surface area contributed by atoms with Crippen LogP contribution in [0.4, 0.5) is 11.7 Å². The molecule has 3 aliphatic rings. The lowest BCUT2D eigenvalue weighted by atomic mass is 9.98. The van der Waals surface area contributed by atoms with Gasteiger partial charge >= 0.3 is 0 Å². The number of anilines is 2. The van der Waals surface area contributed by atoms with Gasteiger partial charge in [0.05, 0.1) is 11.5 Å². The first-order chi connectivity index (χ1) is 14.9. The molecular formula is C20H23ClN4O4S2. The maximum atomic E-state index is 12.5. The number of nitrogens with one attached hydrogen (secondary N) is 2. The third-order valence-electron chi connectivity index (χ3n) is 6.11. The first kappa shape index (κ1) is 21.1. The van der Waals surface area contributed by atoms with Crippen LogP contribution in [0.25, 0.3) is 0 Å². The van der Waals surface area contributed by atoms with Crippen molar-refractivity contribution in [2.45, 2.75) is 38.5 Å². The molecule has 0 spiro atoms. The summed E-state index contributed by atoms with van der Waals surface area (Å²) in [6.45, 7) is 0.761. The third-order valence-corrected chi connectivity index (χ3v) is 9.07. The van der Waals surface area contributed by atoms with Crippen LogP contribution in [-0.4, -0.2) is 48.2 Å². The van der Waals surface area contributed by atoms with Crippen molar-refractivity contribution in [3.8, 4) is 0 Å². The van der Waals surface area contributed by atoms with Crippen molar-refractivity contribution < 1.29 is 17.6 Å². The second kappa shape index (κ2) is 8.31. The highest BCUT2D eigenvalue weighted by atomic mass is 35.5. The van der Waals surface area contributed by atoms with Crippen LogP contribution < -0.4 is 10.0 Å². The molecule has 1 saturated heterocycles. The van der Waals surface area contributed by atoms with E-state index in [9.17, 15) is 13.2 Å². The topological polar surface area (TPSA) is 105 Å². The fourth-order valence-corrected chi connectivity index (χ4v) is 7.06. The summed E-state index contributed by atoms with van der Waals surface area (Å²) in [4.78, 5) is 16.8. The molecule has 2 aliphatic carbocycles. The van der Waals surface area contributed by atoms with E-state index >= 15 is 0 Å². The number of oxazole rings is 1. The molecule has 1 aliphatic heterocycles. The van der Waals surface area contributed by atoms with E-state index in [1.165, 1.54) is 28.5 Å². The summed E-state index contributed by atoms with van der Waals surface area (Å²) in [7, 11) is -2.96. The first-order valence-corrected chi connectivity index (χ1v) is 13.4. The van der Waals surface area contributed by atoms with Crippen LogP contribution in [0.1, 0.15) is 45.6 Å². The smallest absolute Gasteiger partial charge is 0.299 e. The lowest BCUT2D eigenvalue weighted by Crippen LogP contribution is -2.38. The molecule has 0 atom stereocenters. The van der Waals surface area contributed by atoms with Gasteiger partial charge in [-0.3, -0.25) is 9.52 Å². The molecular weight excluding hydrogens is 460 g/mol. The van der Waals surface area contributed by atoms with Gasteiger partial charge in [0.1, 0.15) is 6.26 Å². The Morgan fingerprint density at radius 2 is 1.68 bits per heavy atom. The molecule has 0 saturated carbocycles. The molecule has 2 N–H and O–H groups in total. The molecule has 166 valence electrons. The van der Waals surface area contributed by atoms with Gasteiger partial charge in [-0.1, -0.05) is 11.6 Å². The van der Waals surface area contributed by atoms with Gasteiger partial charge in [-0.2, -0.15) is 4.98 Å². The number of fused-ring (bicyclic) bond motifs is 2. The van der Waals surface area contributed by atoms with E-state index in [1.54, 1.807) is 0 Å². The Morgan fingerprint density at radius 1 is 1.06 bits per heavy atom. The highest BCUT2D eigenvalue weighted by Gasteiger charge is 2.29. The summed E-state index contributed by atoms with van der Waals surface area (Å²) in [5.41, 5.74) is 6.16. The average molecular weight is 483 g/mol. The van der Waals surface area contributed by atoms with Crippen LogP contribution >= 0.6 is 23.7 Å². The van der Waals surface area contributed by atoms with Crippen LogP contribution in [0, 0.1) is 0 Å². The zero-order valence-corrected chi connectivity index (χ0v) is 19.3. The van der Waals surface area contributed by atoms with Crippen molar-refractivity contribution in [2.75, 3.05) is 29.9 Å². The van der Waals surface area contributed by atoms with Crippen molar-refractivity contribution in [1.82, 2.24) is 14.0 Å². The van der Waals surface area contributed by atoms with Crippen LogP contribution in [0.3, 0.4) is 0 Å². The van der Waals surface area contributed by atoms with Gasteiger partial charge < -0.3 is 9.73 Å². The molecule has 5 rings (SSSR count). The molecule has 1 fully saturated rings. The number of hydrogen-bond acceptors (Lipinski definition) is 8. The van der Waals surface area contributed by atoms with Crippen LogP contribution in [0.5, 0.6) is 0 Å². The summed E-state index contributed by atoms with van der Waals surface area (Å²) >= 11 is 7.78. The van der Waals surface area contributed by atoms with E-state index in [4.69, 9.17) is 16.0 Å². The number of hydrogen-bond donors (Lipinski definition) is 2. The van der Waals surface area contributed by atoms with Crippen LogP contribution in [-0.2, 0) is 35.5 Å². The van der Waals surface area contributed by atoms with E-state index in [2.05, 4.69) is 15.0 Å². The maximum absolute atomic E-state index is 12.5. The number of amides is 1.